The van der Waals surface area contributed by atoms with Crippen molar-refractivity contribution in [2.24, 2.45) is 7.05 Å². The molecule has 2 aromatic rings. The molecule has 0 amide bonds. The molecule has 0 saturated carbocycles. The summed E-state index contributed by atoms with van der Waals surface area (Å²) in [5.41, 5.74) is 0.613. The second-order valence-corrected chi connectivity index (χ2v) is 4.23. The Labute approximate surface area is 99.9 Å². The number of aromatic nitrogens is 3. The smallest absolute Gasteiger partial charge is 0.163 e. The highest BCUT2D eigenvalue weighted by molar-refractivity contribution is 9.10. The van der Waals surface area contributed by atoms with E-state index >= 15 is 0 Å². The molecule has 1 aromatic carbocycles. The third-order valence-corrected chi connectivity index (χ3v) is 2.69. The Morgan fingerprint density at radius 3 is 2.69 bits per heavy atom. The highest BCUT2D eigenvalue weighted by atomic mass is 79.9. The first-order valence-electron chi connectivity index (χ1n) is 4.57. The van der Waals surface area contributed by atoms with Gasteiger partial charge in [-0.1, -0.05) is 15.9 Å². The Morgan fingerprint density at radius 1 is 1.38 bits per heavy atom. The quantitative estimate of drug-likeness (QED) is 0.917. The minimum absolute atomic E-state index is 0.194. The van der Waals surface area contributed by atoms with Crippen LogP contribution in [-0.4, -0.2) is 19.9 Å². The Kier molecular flexibility index (Phi) is 3.02. The van der Waals surface area contributed by atoms with E-state index in [1.165, 1.54) is 12.1 Å². The Morgan fingerprint density at radius 2 is 2.12 bits per heavy atom. The lowest BCUT2D eigenvalue weighted by Gasteiger charge is -2.03. The first-order chi connectivity index (χ1) is 7.61. The standard InChI is InChI=1S/C10H9BrFN3O/c1-15-9(5-16)13-14-10(15)6-2-7(11)4-8(12)3-6/h2-4,16H,5H2,1H3. The molecule has 0 radical (unpaired) electrons. The molecule has 0 bridgehead atoms. The van der Waals surface area contributed by atoms with E-state index in [2.05, 4.69) is 26.1 Å². The molecule has 4 nitrogen and oxygen atoms in total. The van der Waals surface area contributed by atoms with Gasteiger partial charge in [0.15, 0.2) is 11.6 Å². The van der Waals surface area contributed by atoms with Gasteiger partial charge in [0.25, 0.3) is 0 Å². The lowest BCUT2D eigenvalue weighted by molar-refractivity contribution is 0.267. The molecule has 0 unspecified atom stereocenters. The molecule has 84 valence electrons. The summed E-state index contributed by atoms with van der Waals surface area (Å²) < 4.78 is 15.5. The Hall–Kier alpha value is -1.27. The SMILES string of the molecule is Cn1c(CO)nnc1-c1cc(F)cc(Br)c1. The zero-order valence-electron chi connectivity index (χ0n) is 8.48. The molecule has 0 saturated heterocycles. The van der Waals surface area contributed by atoms with Gasteiger partial charge in [0.1, 0.15) is 12.4 Å². The van der Waals surface area contributed by atoms with Crippen molar-refractivity contribution in [1.82, 2.24) is 14.8 Å². The summed E-state index contributed by atoms with van der Waals surface area (Å²) in [5, 5.41) is 16.7. The number of aliphatic hydroxyl groups is 1. The third-order valence-electron chi connectivity index (χ3n) is 2.23. The fraction of sp³-hybridized carbons (Fsp3) is 0.200. The zero-order chi connectivity index (χ0) is 11.7. The summed E-state index contributed by atoms with van der Waals surface area (Å²) in [7, 11) is 1.72. The predicted molar refractivity (Wildman–Crippen MR) is 60.0 cm³/mol. The largest absolute Gasteiger partial charge is 0.388 e. The van der Waals surface area contributed by atoms with Crippen LogP contribution in [-0.2, 0) is 13.7 Å². The number of halogens is 2. The first kappa shape index (κ1) is 11.2. The van der Waals surface area contributed by atoms with E-state index in [1.807, 2.05) is 0 Å². The summed E-state index contributed by atoms with van der Waals surface area (Å²) in [4.78, 5) is 0. The van der Waals surface area contributed by atoms with Crippen molar-refractivity contribution in [2.45, 2.75) is 6.61 Å². The normalized spacial score (nSPS) is 10.8. The van der Waals surface area contributed by atoms with E-state index in [-0.39, 0.29) is 12.4 Å². The van der Waals surface area contributed by atoms with Crippen molar-refractivity contribution < 1.29 is 9.50 Å². The van der Waals surface area contributed by atoms with Crippen molar-refractivity contribution >= 4 is 15.9 Å². The van der Waals surface area contributed by atoms with Gasteiger partial charge in [-0.25, -0.2) is 4.39 Å². The summed E-state index contributed by atoms with van der Waals surface area (Å²) >= 11 is 3.21. The van der Waals surface area contributed by atoms with Crippen LogP contribution in [0.3, 0.4) is 0 Å². The second kappa shape index (κ2) is 4.31. The van der Waals surface area contributed by atoms with Crippen molar-refractivity contribution in [3.05, 3.63) is 34.3 Å². The Balaban J connectivity index is 2.54. The maximum absolute atomic E-state index is 13.2. The molecular formula is C10H9BrFN3O. The van der Waals surface area contributed by atoms with Crippen molar-refractivity contribution in [2.75, 3.05) is 0 Å². The van der Waals surface area contributed by atoms with Crippen LogP contribution >= 0.6 is 15.9 Å². The Bertz CT molecular complexity index is 507. The molecule has 6 heteroatoms. The van der Waals surface area contributed by atoms with Crippen LogP contribution in [0.2, 0.25) is 0 Å². The van der Waals surface area contributed by atoms with Gasteiger partial charge in [-0.05, 0) is 18.2 Å². The molecule has 0 aliphatic rings. The predicted octanol–water partition coefficient (Wildman–Crippen LogP) is 1.88. The maximum atomic E-state index is 13.2. The average Bonchev–Trinajstić information content (AvgIpc) is 2.58. The van der Waals surface area contributed by atoms with E-state index in [4.69, 9.17) is 5.11 Å². The second-order valence-electron chi connectivity index (χ2n) is 3.32. The van der Waals surface area contributed by atoms with Crippen LogP contribution in [0, 0.1) is 5.82 Å². The number of hydrogen-bond donors (Lipinski definition) is 1. The van der Waals surface area contributed by atoms with Gasteiger partial charge in [-0.3, -0.25) is 0 Å². The maximum Gasteiger partial charge on any atom is 0.163 e. The minimum Gasteiger partial charge on any atom is -0.388 e. The molecule has 0 spiro atoms. The topological polar surface area (TPSA) is 50.9 Å². The van der Waals surface area contributed by atoms with Crippen LogP contribution in [0.15, 0.2) is 22.7 Å². The van der Waals surface area contributed by atoms with E-state index in [1.54, 1.807) is 17.7 Å². The number of benzene rings is 1. The van der Waals surface area contributed by atoms with Gasteiger partial charge < -0.3 is 9.67 Å². The number of rotatable bonds is 2. The van der Waals surface area contributed by atoms with Gasteiger partial charge >= 0.3 is 0 Å². The van der Waals surface area contributed by atoms with Gasteiger partial charge in [-0.15, -0.1) is 10.2 Å². The van der Waals surface area contributed by atoms with Crippen LogP contribution in [0.5, 0.6) is 0 Å². The average molecular weight is 286 g/mol. The highest BCUT2D eigenvalue weighted by Gasteiger charge is 2.11. The lowest BCUT2D eigenvalue weighted by atomic mass is 10.2. The number of hydrogen-bond acceptors (Lipinski definition) is 3. The van der Waals surface area contributed by atoms with Gasteiger partial charge in [-0.2, -0.15) is 0 Å². The molecule has 1 aromatic heterocycles. The van der Waals surface area contributed by atoms with Crippen LogP contribution in [0.25, 0.3) is 11.4 Å². The van der Waals surface area contributed by atoms with E-state index in [9.17, 15) is 4.39 Å². The van der Waals surface area contributed by atoms with Gasteiger partial charge in [0, 0.05) is 17.1 Å². The van der Waals surface area contributed by atoms with E-state index in [0.29, 0.717) is 21.7 Å². The molecule has 0 aliphatic carbocycles. The number of nitrogens with zero attached hydrogens (tertiary/aromatic N) is 3. The molecule has 0 atom stereocenters. The first-order valence-corrected chi connectivity index (χ1v) is 5.36. The fourth-order valence-corrected chi connectivity index (χ4v) is 1.90. The fourth-order valence-electron chi connectivity index (χ4n) is 1.43. The van der Waals surface area contributed by atoms with E-state index < -0.39 is 0 Å². The molecule has 1 heterocycles. The van der Waals surface area contributed by atoms with Crippen LogP contribution in [0.4, 0.5) is 4.39 Å². The molecule has 0 aliphatic heterocycles. The highest BCUT2D eigenvalue weighted by Crippen LogP contribution is 2.23. The molecule has 0 fully saturated rings. The summed E-state index contributed by atoms with van der Waals surface area (Å²) in [5.74, 6) is 0.609. The third kappa shape index (κ3) is 1.98. The zero-order valence-corrected chi connectivity index (χ0v) is 10.1. The van der Waals surface area contributed by atoms with E-state index in [0.717, 1.165) is 0 Å². The number of aliphatic hydroxyl groups excluding tert-OH is 1. The minimum atomic E-state index is -0.349. The lowest BCUT2D eigenvalue weighted by Crippen LogP contribution is -1.99. The van der Waals surface area contributed by atoms with Crippen molar-refractivity contribution in [1.29, 1.82) is 0 Å². The van der Waals surface area contributed by atoms with Gasteiger partial charge in [0.2, 0.25) is 0 Å². The van der Waals surface area contributed by atoms with Crippen LogP contribution in [0.1, 0.15) is 5.82 Å². The summed E-state index contributed by atoms with van der Waals surface area (Å²) in [6, 6.07) is 4.48. The summed E-state index contributed by atoms with van der Waals surface area (Å²) in [6.07, 6.45) is 0. The molecular weight excluding hydrogens is 277 g/mol. The van der Waals surface area contributed by atoms with Crippen molar-refractivity contribution in [3.63, 3.8) is 0 Å². The van der Waals surface area contributed by atoms with Crippen molar-refractivity contribution in [3.8, 4) is 11.4 Å². The summed E-state index contributed by atoms with van der Waals surface area (Å²) in [6.45, 7) is -0.194. The van der Waals surface area contributed by atoms with Gasteiger partial charge in [0.05, 0.1) is 0 Å². The monoisotopic (exact) mass is 285 g/mol. The molecule has 16 heavy (non-hydrogen) atoms. The molecule has 2 rings (SSSR count). The molecule has 1 N–H and O–H groups in total. The van der Waals surface area contributed by atoms with Crippen LogP contribution < -0.4 is 0 Å².